The van der Waals surface area contributed by atoms with E-state index in [-0.39, 0.29) is 24.8 Å². The van der Waals surface area contributed by atoms with Crippen LogP contribution >= 0.6 is 0 Å². The van der Waals surface area contributed by atoms with Gasteiger partial charge in [0.2, 0.25) is 0 Å². The van der Waals surface area contributed by atoms with Crippen LogP contribution in [0.15, 0.2) is 23.8 Å². The molecule has 0 aromatic carbocycles. The molecule has 0 bridgehead atoms. The lowest BCUT2D eigenvalue weighted by Gasteiger charge is -2.63. The second-order valence-electron chi connectivity index (χ2n) is 10.9. The quantitative estimate of drug-likeness (QED) is 0.662. The van der Waals surface area contributed by atoms with E-state index in [1.54, 1.807) is 13.8 Å². The highest BCUT2D eigenvalue weighted by molar-refractivity contribution is 6.01. The van der Waals surface area contributed by atoms with Gasteiger partial charge in [-0.15, -0.1) is 0 Å². The molecule has 2 N–H and O–H groups in total. The Balaban J connectivity index is 1.62. The Bertz CT molecular complexity index is 949. The zero-order valence-electron chi connectivity index (χ0n) is 19.2. The summed E-state index contributed by atoms with van der Waals surface area (Å²) in [7, 11) is 0. The highest BCUT2D eigenvalue weighted by Gasteiger charge is 2.79. The summed E-state index contributed by atoms with van der Waals surface area (Å²) in [5.74, 6) is -2.38. The predicted molar refractivity (Wildman–Crippen MR) is 113 cm³/mol. The molecular weight excluding hydrogens is 434 g/mol. The standard InChI is InChI=1S/C25H32F2O6/c1-4-5-21-32-20-10-14-15-9-17(26)16-8-13(29)6-7-22(16,2)24(15,27)18(30)11-23(14,3)25(20,33-21)19(31)12-28/h6-8,14-15,17-18,20-21,28,30H,4-5,9-12H2,1-3H3/t14-,15-,17+,18-,20+,21?,22-,23-,24-,25+/m0/s1. The van der Waals surface area contributed by atoms with Crippen molar-refractivity contribution in [2.75, 3.05) is 6.61 Å². The molecule has 0 aromatic rings. The van der Waals surface area contributed by atoms with Gasteiger partial charge in [0.15, 0.2) is 29.1 Å². The molecular formula is C25H32F2O6. The molecule has 5 rings (SSSR count). The Morgan fingerprint density at radius 3 is 2.67 bits per heavy atom. The fourth-order valence-corrected chi connectivity index (χ4v) is 8.00. The van der Waals surface area contributed by atoms with Crippen molar-refractivity contribution in [2.24, 2.45) is 22.7 Å². The first-order valence-electron chi connectivity index (χ1n) is 11.9. The molecule has 6 nitrogen and oxygen atoms in total. The predicted octanol–water partition coefficient (Wildman–Crippen LogP) is 2.76. The number of halogens is 2. The van der Waals surface area contributed by atoms with Crippen LogP contribution in [0.3, 0.4) is 0 Å². The van der Waals surface area contributed by atoms with Crippen LogP contribution in [0.5, 0.6) is 0 Å². The van der Waals surface area contributed by atoms with Gasteiger partial charge in [-0.3, -0.25) is 9.59 Å². The first-order chi connectivity index (χ1) is 15.5. The number of ether oxygens (including phenoxy) is 2. The van der Waals surface area contributed by atoms with E-state index in [0.29, 0.717) is 6.42 Å². The minimum Gasteiger partial charge on any atom is -0.390 e. The van der Waals surface area contributed by atoms with Gasteiger partial charge in [0.25, 0.3) is 0 Å². The van der Waals surface area contributed by atoms with Crippen molar-refractivity contribution in [3.63, 3.8) is 0 Å². The number of allylic oxidation sites excluding steroid dienone is 4. The van der Waals surface area contributed by atoms with Crippen LogP contribution in [0.1, 0.15) is 52.9 Å². The zero-order valence-corrected chi connectivity index (χ0v) is 19.2. The van der Waals surface area contributed by atoms with Gasteiger partial charge in [0, 0.05) is 16.7 Å². The van der Waals surface area contributed by atoms with Gasteiger partial charge in [-0.2, -0.15) is 0 Å². The van der Waals surface area contributed by atoms with Crippen molar-refractivity contribution < 1.29 is 38.1 Å². The van der Waals surface area contributed by atoms with Crippen molar-refractivity contribution >= 4 is 11.6 Å². The maximum Gasteiger partial charge on any atom is 0.193 e. The lowest BCUT2D eigenvalue weighted by molar-refractivity contribution is -0.234. The van der Waals surface area contributed by atoms with Crippen molar-refractivity contribution in [1.29, 1.82) is 0 Å². The van der Waals surface area contributed by atoms with E-state index in [1.807, 2.05) is 6.92 Å². The fraction of sp³-hybridized carbons (Fsp3) is 0.760. The number of hydrogen-bond acceptors (Lipinski definition) is 6. The molecule has 33 heavy (non-hydrogen) atoms. The van der Waals surface area contributed by atoms with Gasteiger partial charge in [0.1, 0.15) is 12.8 Å². The van der Waals surface area contributed by atoms with E-state index < -0.39 is 76.8 Å². The molecule has 0 aromatic heterocycles. The lowest BCUT2D eigenvalue weighted by Crippen LogP contribution is -2.70. The lowest BCUT2D eigenvalue weighted by atomic mass is 9.44. The summed E-state index contributed by atoms with van der Waals surface area (Å²) < 4.78 is 45.0. The van der Waals surface area contributed by atoms with E-state index in [4.69, 9.17) is 9.47 Å². The van der Waals surface area contributed by atoms with Crippen LogP contribution in [-0.4, -0.2) is 64.3 Å². The second-order valence-corrected chi connectivity index (χ2v) is 10.9. The van der Waals surface area contributed by atoms with Gasteiger partial charge in [-0.05, 0) is 56.3 Å². The SMILES string of the molecule is CCCC1O[C@@H]2C[C@H]3[C@@H]4C[C@@H](F)C5=CC(=O)C=C[C@]5(C)[C@@]4(F)[C@@H](O)C[C@]3(C)[C@]2(C(=O)CO)O1. The van der Waals surface area contributed by atoms with Crippen molar-refractivity contribution in [3.05, 3.63) is 23.8 Å². The third-order valence-corrected chi connectivity index (χ3v) is 9.50. The third-order valence-electron chi connectivity index (χ3n) is 9.50. The smallest absolute Gasteiger partial charge is 0.193 e. The second kappa shape index (κ2) is 7.26. The van der Waals surface area contributed by atoms with Crippen LogP contribution in [-0.2, 0) is 19.1 Å². The summed E-state index contributed by atoms with van der Waals surface area (Å²) in [6.07, 6.45) is 0.682. The number of aliphatic hydroxyl groups is 2. The number of rotatable bonds is 4. The third kappa shape index (κ3) is 2.61. The number of aliphatic hydroxyl groups excluding tert-OH is 2. The first kappa shape index (κ1) is 23.3. The van der Waals surface area contributed by atoms with E-state index in [2.05, 4.69) is 0 Å². The normalized spacial score (nSPS) is 52.6. The number of carbonyl (C=O) groups is 2. The minimum atomic E-state index is -2.23. The number of hydrogen-bond donors (Lipinski definition) is 2. The highest BCUT2D eigenvalue weighted by atomic mass is 19.1. The molecule has 4 fully saturated rings. The monoisotopic (exact) mass is 466 g/mol. The van der Waals surface area contributed by atoms with Crippen LogP contribution in [0.2, 0.25) is 0 Å². The maximum atomic E-state index is 17.2. The van der Waals surface area contributed by atoms with Gasteiger partial charge >= 0.3 is 0 Å². The Morgan fingerprint density at radius 1 is 1.27 bits per heavy atom. The topological polar surface area (TPSA) is 93.1 Å². The molecule has 8 heteroatoms. The molecule has 1 saturated heterocycles. The molecule has 0 amide bonds. The van der Waals surface area contributed by atoms with Gasteiger partial charge in [0.05, 0.1) is 12.2 Å². The Labute approximate surface area is 192 Å². The van der Waals surface area contributed by atoms with Crippen LogP contribution in [0.25, 0.3) is 0 Å². The van der Waals surface area contributed by atoms with Gasteiger partial charge in [-0.25, -0.2) is 8.78 Å². The van der Waals surface area contributed by atoms with Gasteiger partial charge < -0.3 is 19.7 Å². The number of ketones is 2. The molecule has 5 aliphatic rings. The summed E-state index contributed by atoms with van der Waals surface area (Å²) in [6, 6.07) is 0. The molecule has 1 unspecified atom stereocenters. The summed E-state index contributed by atoms with van der Waals surface area (Å²) in [4.78, 5) is 25.1. The van der Waals surface area contributed by atoms with Gasteiger partial charge in [-0.1, -0.05) is 26.3 Å². The Kier molecular flexibility index (Phi) is 5.12. The summed E-state index contributed by atoms with van der Waals surface area (Å²) >= 11 is 0. The van der Waals surface area contributed by atoms with E-state index in [1.165, 1.54) is 12.2 Å². The summed E-state index contributed by atoms with van der Waals surface area (Å²) in [6.45, 7) is 4.53. The largest absolute Gasteiger partial charge is 0.390 e. The molecule has 0 spiro atoms. The number of alkyl halides is 2. The average molecular weight is 467 g/mol. The van der Waals surface area contributed by atoms with E-state index in [0.717, 1.165) is 12.5 Å². The Morgan fingerprint density at radius 2 is 2.00 bits per heavy atom. The molecule has 4 aliphatic carbocycles. The fourth-order valence-electron chi connectivity index (χ4n) is 8.00. The molecule has 1 heterocycles. The van der Waals surface area contributed by atoms with E-state index >= 15 is 8.78 Å². The number of fused-ring (bicyclic) bond motifs is 7. The molecule has 10 atom stereocenters. The average Bonchev–Trinajstić information content (AvgIpc) is 3.24. The van der Waals surface area contributed by atoms with Crippen LogP contribution in [0.4, 0.5) is 8.78 Å². The van der Waals surface area contributed by atoms with Crippen molar-refractivity contribution in [3.8, 4) is 0 Å². The number of Topliss-reactive ketones (excluding diaryl/α,β-unsaturated/α-hetero) is 1. The summed E-state index contributed by atoms with van der Waals surface area (Å²) in [5.41, 5.74) is -6.22. The van der Waals surface area contributed by atoms with Crippen LogP contribution in [0, 0.1) is 22.7 Å². The van der Waals surface area contributed by atoms with Crippen LogP contribution < -0.4 is 0 Å². The molecule has 182 valence electrons. The summed E-state index contributed by atoms with van der Waals surface area (Å²) in [5, 5.41) is 21.2. The molecule has 3 saturated carbocycles. The van der Waals surface area contributed by atoms with E-state index in [9.17, 15) is 19.8 Å². The van der Waals surface area contributed by atoms with Crippen molar-refractivity contribution in [2.45, 2.75) is 88.8 Å². The highest BCUT2D eigenvalue weighted by Crippen LogP contribution is 2.72. The van der Waals surface area contributed by atoms with Crippen molar-refractivity contribution in [1.82, 2.24) is 0 Å². The first-order valence-corrected chi connectivity index (χ1v) is 11.9. The molecule has 0 radical (unpaired) electrons. The zero-order chi connectivity index (χ0) is 24.0. The number of carbonyl (C=O) groups excluding carboxylic acids is 2. The maximum absolute atomic E-state index is 17.2. The Hall–Kier alpha value is -1.48. The molecule has 1 aliphatic heterocycles. The minimum absolute atomic E-state index is 0.0613.